The van der Waals surface area contributed by atoms with Crippen LogP contribution in [0.4, 0.5) is 0 Å². The van der Waals surface area contributed by atoms with Crippen molar-refractivity contribution in [3.63, 3.8) is 0 Å². The van der Waals surface area contributed by atoms with Gasteiger partial charge in [-0.05, 0) is 12.8 Å². The normalized spacial score (nSPS) is 13.9. The van der Waals surface area contributed by atoms with Gasteiger partial charge in [0.05, 0.1) is 18.9 Å². The highest BCUT2D eigenvalue weighted by molar-refractivity contribution is 5.97. The minimum absolute atomic E-state index is 0.316. The van der Waals surface area contributed by atoms with Crippen molar-refractivity contribution in [2.75, 3.05) is 0 Å². The first-order valence-corrected chi connectivity index (χ1v) is 9.97. The van der Waals surface area contributed by atoms with Crippen molar-refractivity contribution in [3.05, 3.63) is 0 Å². The molecular weight excluding hydrogens is 478 g/mol. The zero-order valence-corrected chi connectivity index (χ0v) is 18.3. The fraction of sp³-hybridized carbons (Fsp3) is 0.556. The fourth-order valence-corrected chi connectivity index (χ4v) is 2.55. The number of aliphatic carboxylic acids is 4. The fourth-order valence-electron chi connectivity index (χ4n) is 2.55. The Morgan fingerprint density at radius 3 is 1.46 bits per heavy atom. The standard InChI is InChI=1S/C18H27N5O12/c19-7(1-3-12(25)26)15(31)22-9(5-11(20)24)16(32)23-10(6-14(29)30)17(33)21-8(18(34)35)2-4-13(27)28/h7-10H,1-6,19H2,(H2,20,24)(H,21,33)(H,22,31)(H,23,32)(H,25,26)(H,27,28)(H,29,30)(H,34,35). The molecule has 0 fully saturated rings. The van der Waals surface area contributed by atoms with Crippen molar-refractivity contribution < 1.29 is 58.8 Å². The van der Waals surface area contributed by atoms with Gasteiger partial charge in [0.1, 0.15) is 18.1 Å². The molecule has 4 atom stereocenters. The van der Waals surface area contributed by atoms with Crippen LogP contribution >= 0.6 is 0 Å². The van der Waals surface area contributed by atoms with Crippen molar-refractivity contribution >= 4 is 47.5 Å². The van der Waals surface area contributed by atoms with Gasteiger partial charge in [-0.2, -0.15) is 0 Å². The molecule has 0 aromatic carbocycles. The van der Waals surface area contributed by atoms with E-state index in [-0.39, 0.29) is 6.42 Å². The minimum Gasteiger partial charge on any atom is -0.481 e. The Balaban J connectivity index is 5.53. The first-order valence-electron chi connectivity index (χ1n) is 9.97. The van der Waals surface area contributed by atoms with E-state index in [1.807, 2.05) is 10.6 Å². The summed E-state index contributed by atoms with van der Waals surface area (Å²) in [5, 5.41) is 41.4. The number of rotatable bonds is 17. The molecule has 0 aromatic heterocycles. The van der Waals surface area contributed by atoms with E-state index in [0.717, 1.165) is 0 Å². The molecule has 0 aliphatic rings. The molecule has 196 valence electrons. The molecule has 0 saturated carbocycles. The van der Waals surface area contributed by atoms with E-state index >= 15 is 0 Å². The van der Waals surface area contributed by atoms with Gasteiger partial charge in [0.25, 0.3) is 0 Å². The Hall–Kier alpha value is -4.28. The monoisotopic (exact) mass is 505 g/mol. The second-order valence-electron chi connectivity index (χ2n) is 7.26. The minimum atomic E-state index is -1.89. The van der Waals surface area contributed by atoms with Crippen LogP contribution in [-0.2, 0) is 38.4 Å². The molecule has 11 N–H and O–H groups in total. The quantitative estimate of drug-likeness (QED) is 0.0909. The summed E-state index contributed by atoms with van der Waals surface area (Å²) in [4.78, 5) is 92.2. The van der Waals surface area contributed by atoms with Crippen molar-refractivity contribution in [2.24, 2.45) is 11.5 Å². The Morgan fingerprint density at radius 1 is 0.600 bits per heavy atom. The van der Waals surface area contributed by atoms with Gasteiger partial charge in [-0.25, -0.2) is 4.79 Å². The highest BCUT2D eigenvalue weighted by Gasteiger charge is 2.32. The summed E-state index contributed by atoms with van der Waals surface area (Å²) in [6, 6.07) is -6.74. The molecule has 0 aliphatic heterocycles. The van der Waals surface area contributed by atoms with E-state index < -0.39 is 104 Å². The van der Waals surface area contributed by atoms with Crippen LogP contribution in [0.25, 0.3) is 0 Å². The number of primary amides is 1. The third kappa shape index (κ3) is 13.1. The molecule has 35 heavy (non-hydrogen) atoms. The highest BCUT2D eigenvalue weighted by atomic mass is 16.4. The van der Waals surface area contributed by atoms with Gasteiger partial charge in [0, 0.05) is 12.8 Å². The van der Waals surface area contributed by atoms with Crippen LogP contribution < -0.4 is 27.4 Å². The molecule has 0 aliphatic carbocycles. The Kier molecular flexibility index (Phi) is 13.0. The lowest BCUT2D eigenvalue weighted by Crippen LogP contribution is -2.58. The second-order valence-corrected chi connectivity index (χ2v) is 7.26. The lowest BCUT2D eigenvalue weighted by molar-refractivity contribution is -0.144. The van der Waals surface area contributed by atoms with Gasteiger partial charge < -0.3 is 47.8 Å². The number of hydrogen-bond donors (Lipinski definition) is 9. The summed E-state index contributed by atoms with van der Waals surface area (Å²) in [7, 11) is 0. The van der Waals surface area contributed by atoms with Gasteiger partial charge in [-0.1, -0.05) is 0 Å². The molecule has 4 unspecified atom stereocenters. The lowest BCUT2D eigenvalue weighted by Gasteiger charge is -2.24. The van der Waals surface area contributed by atoms with E-state index in [1.54, 1.807) is 0 Å². The topological polar surface area (TPSA) is 306 Å². The molecule has 0 spiro atoms. The second kappa shape index (κ2) is 14.8. The Labute approximate surface area is 197 Å². The maximum atomic E-state index is 12.6. The van der Waals surface area contributed by atoms with E-state index in [9.17, 15) is 38.4 Å². The summed E-state index contributed by atoms with van der Waals surface area (Å²) < 4.78 is 0. The summed E-state index contributed by atoms with van der Waals surface area (Å²) >= 11 is 0. The van der Waals surface area contributed by atoms with E-state index in [1.165, 1.54) is 0 Å². The molecule has 0 heterocycles. The molecule has 0 radical (unpaired) electrons. The van der Waals surface area contributed by atoms with Crippen molar-refractivity contribution in [3.8, 4) is 0 Å². The third-order valence-electron chi connectivity index (χ3n) is 4.32. The number of carboxylic acid groups (broad SMARTS) is 4. The SMILES string of the molecule is NC(=O)CC(NC(=O)C(N)CCC(=O)O)C(=O)NC(CC(=O)O)C(=O)NC(CCC(=O)O)C(=O)O. The Bertz CT molecular complexity index is 861. The van der Waals surface area contributed by atoms with Gasteiger partial charge in [-0.3, -0.25) is 33.6 Å². The van der Waals surface area contributed by atoms with Crippen LogP contribution in [0.3, 0.4) is 0 Å². The van der Waals surface area contributed by atoms with Crippen LogP contribution in [0.15, 0.2) is 0 Å². The zero-order valence-electron chi connectivity index (χ0n) is 18.3. The van der Waals surface area contributed by atoms with E-state index in [0.29, 0.717) is 0 Å². The molecule has 0 rings (SSSR count). The van der Waals surface area contributed by atoms with Crippen LogP contribution in [0.2, 0.25) is 0 Å². The molecular formula is C18H27N5O12. The van der Waals surface area contributed by atoms with E-state index in [2.05, 4.69) is 5.32 Å². The number of hydrogen-bond acceptors (Lipinski definition) is 9. The summed E-state index contributed by atoms with van der Waals surface area (Å²) in [5.74, 6) is -10.5. The summed E-state index contributed by atoms with van der Waals surface area (Å²) in [6.45, 7) is 0. The molecule has 0 aromatic rings. The van der Waals surface area contributed by atoms with Crippen LogP contribution in [0, 0.1) is 0 Å². The predicted octanol–water partition coefficient (Wildman–Crippen LogP) is -4.07. The maximum Gasteiger partial charge on any atom is 0.326 e. The third-order valence-corrected chi connectivity index (χ3v) is 4.32. The number of nitrogens with two attached hydrogens (primary N) is 2. The average molecular weight is 505 g/mol. The number of carbonyl (C=O) groups is 8. The first kappa shape index (κ1) is 30.7. The largest absolute Gasteiger partial charge is 0.481 e. The van der Waals surface area contributed by atoms with Crippen LogP contribution in [0.1, 0.15) is 38.5 Å². The van der Waals surface area contributed by atoms with Crippen molar-refractivity contribution in [1.29, 1.82) is 0 Å². The first-order chi connectivity index (χ1) is 16.1. The number of nitrogens with one attached hydrogen (secondary N) is 3. The van der Waals surface area contributed by atoms with Crippen LogP contribution in [-0.4, -0.2) is 92.1 Å². The van der Waals surface area contributed by atoms with Gasteiger partial charge in [-0.15, -0.1) is 0 Å². The highest BCUT2D eigenvalue weighted by Crippen LogP contribution is 2.04. The molecule has 0 saturated heterocycles. The number of carbonyl (C=O) groups excluding carboxylic acids is 4. The summed E-state index contributed by atoms with van der Waals surface area (Å²) in [5.41, 5.74) is 10.6. The smallest absolute Gasteiger partial charge is 0.326 e. The summed E-state index contributed by atoms with van der Waals surface area (Å²) in [6.07, 6.45) is -3.82. The lowest BCUT2D eigenvalue weighted by atomic mass is 10.1. The van der Waals surface area contributed by atoms with Gasteiger partial charge in [0.2, 0.25) is 23.6 Å². The van der Waals surface area contributed by atoms with E-state index in [4.69, 9.17) is 31.9 Å². The van der Waals surface area contributed by atoms with Crippen molar-refractivity contribution in [2.45, 2.75) is 62.7 Å². The number of carboxylic acids is 4. The number of amides is 4. The molecule has 17 heteroatoms. The molecule has 0 bridgehead atoms. The maximum absolute atomic E-state index is 12.6. The van der Waals surface area contributed by atoms with Crippen molar-refractivity contribution in [1.82, 2.24) is 16.0 Å². The van der Waals surface area contributed by atoms with Gasteiger partial charge >= 0.3 is 23.9 Å². The zero-order chi connectivity index (χ0) is 27.3. The molecule has 4 amide bonds. The van der Waals surface area contributed by atoms with Gasteiger partial charge in [0.15, 0.2) is 0 Å². The Morgan fingerprint density at radius 2 is 1.03 bits per heavy atom. The molecule has 17 nitrogen and oxygen atoms in total. The van der Waals surface area contributed by atoms with Crippen LogP contribution in [0.5, 0.6) is 0 Å². The average Bonchev–Trinajstić information content (AvgIpc) is 2.72. The predicted molar refractivity (Wildman–Crippen MR) is 111 cm³/mol.